The number of rotatable bonds is 4. The van der Waals surface area contributed by atoms with Crippen LogP contribution in [0.25, 0.3) is 110 Å². The summed E-state index contributed by atoms with van der Waals surface area (Å²) in [6.07, 6.45) is 0. The van der Waals surface area contributed by atoms with Gasteiger partial charge in [0, 0.05) is 38.0 Å². The number of hydrogen-bond donors (Lipinski definition) is 0. The van der Waals surface area contributed by atoms with Crippen LogP contribution in [0.5, 0.6) is 0 Å². The van der Waals surface area contributed by atoms with Crippen molar-refractivity contribution >= 4 is 76.3 Å². The molecule has 256 valence electrons. The van der Waals surface area contributed by atoms with Gasteiger partial charge >= 0.3 is 0 Å². The average Bonchev–Trinajstić information content (AvgIpc) is 3.91. The summed E-state index contributed by atoms with van der Waals surface area (Å²) in [5.41, 5.74) is 13.6. The lowest BCUT2D eigenvalue weighted by Crippen LogP contribution is -1.95. The van der Waals surface area contributed by atoms with Crippen molar-refractivity contribution in [3.8, 4) is 33.6 Å². The molecule has 0 unspecified atom stereocenters. The van der Waals surface area contributed by atoms with Crippen LogP contribution in [-0.2, 0) is 0 Å². The quantitative estimate of drug-likeness (QED) is 0.179. The molecule has 0 aliphatic carbocycles. The van der Waals surface area contributed by atoms with Gasteiger partial charge in [0.15, 0.2) is 0 Å². The van der Waals surface area contributed by atoms with Crippen LogP contribution < -0.4 is 0 Å². The Balaban J connectivity index is 1.09. The summed E-state index contributed by atoms with van der Waals surface area (Å²) in [6, 6.07) is 70.3. The highest BCUT2D eigenvalue weighted by atomic mass is 16.3. The molecule has 0 saturated carbocycles. The van der Waals surface area contributed by atoms with E-state index in [-0.39, 0.29) is 0 Å². The highest BCUT2D eigenvalue weighted by Gasteiger charge is 2.20. The second-order valence-corrected chi connectivity index (χ2v) is 14.5. The third kappa shape index (κ3) is 4.44. The van der Waals surface area contributed by atoms with Crippen molar-refractivity contribution in [2.24, 2.45) is 0 Å². The van der Waals surface area contributed by atoms with Crippen LogP contribution in [0.4, 0.5) is 0 Å². The fraction of sp³-hybridized carbons (Fsp3) is 0. The maximum Gasteiger partial charge on any atom is 0.137 e. The normalized spacial score (nSPS) is 12.0. The second-order valence-electron chi connectivity index (χ2n) is 14.5. The van der Waals surface area contributed by atoms with Gasteiger partial charge in [0.05, 0.1) is 33.1 Å². The van der Waals surface area contributed by atoms with E-state index in [4.69, 9.17) is 4.42 Å². The van der Waals surface area contributed by atoms with E-state index in [0.717, 1.165) is 38.7 Å². The molecule has 12 aromatic rings. The predicted octanol–water partition coefficient (Wildman–Crippen LogP) is 14.3. The molecule has 0 spiro atoms. The lowest BCUT2D eigenvalue weighted by molar-refractivity contribution is 0.669. The van der Waals surface area contributed by atoms with E-state index in [2.05, 4.69) is 197 Å². The molecular weight excluding hydrogens is 669 g/mol. The topological polar surface area (TPSA) is 23.0 Å². The van der Waals surface area contributed by atoms with Crippen LogP contribution >= 0.6 is 0 Å². The van der Waals surface area contributed by atoms with Crippen molar-refractivity contribution in [1.82, 2.24) is 9.13 Å². The van der Waals surface area contributed by atoms with E-state index in [1.165, 1.54) is 71.3 Å². The molecule has 12 rings (SSSR count). The zero-order chi connectivity index (χ0) is 36.0. The van der Waals surface area contributed by atoms with Gasteiger partial charge in [-0.1, -0.05) is 127 Å². The SMILES string of the molecule is c1ccc(-c2ccc(-n3c4ccc(-c5ccc6c(c5)c5ccccc5n6-c5cccc6ccccc56)cc4c4ccc5oc6ccccc6c5c43)cc2)cc1. The van der Waals surface area contributed by atoms with Crippen LogP contribution in [0.15, 0.2) is 199 Å². The summed E-state index contributed by atoms with van der Waals surface area (Å²) in [4.78, 5) is 0. The first-order valence-corrected chi connectivity index (χ1v) is 18.8. The fourth-order valence-corrected chi connectivity index (χ4v) is 9.01. The number of benzene rings is 9. The molecular formula is C52H32N2O. The van der Waals surface area contributed by atoms with Crippen molar-refractivity contribution in [1.29, 1.82) is 0 Å². The molecule has 0 bridgehead atoms. The van der Waals surface area contributed by atoms with Crippen molar-refractivity contribution in [2.75, 3.05) is 0 Å². The van der Waals surface area contributed by atoms with Crippen LogP contribution in [0.3, 0.4) is 0 Å². The number of fused-ring (bicyclic) bond motifs is 11. The Morgan fingerprint density at radius 1 is 0.327 bits per heavy atom. The van der Waals surface area contributed by atoms with Gasteiger partial charge in [0.2, 0.25) is 0 Å². The summed E-state index contributed by atoms with van der Waals surface area (Å²) in [7, 11) is 0. The summed E-state index contributed by atoms with van der Waals surface area (Å²) in [6.45, 7) is 0. The minimum absolute atomic E-state index is 0.895. The van der Waals surface area contributed by atoms with E-state index >= 15 is 0 Å². The van der Waals surface area contributed by atoms with Gasteiger partial charge in [0.25, 0.3) is 0 Å². The first-order valence-electron chi connectivity index (χ1n) is 18.8. The van der Waals surface area contributed by atoms with Crippen LogP contribution in [0.1, 0.15) is 0 Å². The molecule has 0 radical (unpaired) electrons. The Bertz CT molecular complexity index is 3470. The lowest BCUT2D eigenvalue weighted by Gasteiger charge is -2.12. The number of nitrogens with zero attached hydrogens (tertiary/aromatic N) is 2. The molecule has 3 aromatic heterocycles. The molecule has 0 N–H and O–H groups in total. The molecule has 0 aliphatic rings. The number of para-hydroxylation sites is 2. The molecule has 55 heavy (non-hydrogen) atoms. The Kier molecular flexibility index (Phi) is 6.34. The van der Waals surface area contributed by atoms with E-state index in [0.29, 0.717) is 0 Å². The molecule has 9 aromatic carbocycles. The van der Waals surface area contributed by atoms with Crippen molar-refractivity contribution in [2.45, 2.75) is 0 Å². The third-order valence-electron chi connectivity index (χ3n) is 11.5. The molecule has 3 nitrogen and oxygen atoms in total. The van der Waals surface area contributed by atoms with Gasteiger partial charge in [-0.05, 0) is 94.4 Å². The molecule has 0 saturated heterocycles. The van der Waals surface area contributed by atoms with E-state index in [1.54, 1.807) is 0 Å². The zero-order valence-corrected chi connectivity index (χ0v) is 29.8. The molecule has 0 aliphatic heterocycles. The van der Waals surface area contributed by atoms with Crippen molar-refractivity contribution in [3.63, 3.8) is 0 Å². The van der Waals surface area contributed by atoms with Gasteiger partial charge in [-0.25, -0.2) is 0 Å². The van der Waals surface area contributed by atoms with Gasteiger partial charge in [-0.3, -0.25) is 0 Å². The molecule has 0 atom stereocenters. The van der Waals surface area contributed by atoms with Crippen LogP contribution in [-0.4, -0.2) is 9.13 Å². The van der Waals surface area contributed by atoms with Crippen molar-refractivity contribution < 1.29 is 4.42 Å². The van der Waals surface area contributed by atoms with Gasteiger partial charge in [-0.15, -0.1) is 0 Å². The lowest BCUT2D eigenvalue weighted by atomic mass is 10.00. The fourth-order valence-electron chi connectivity index (χ4n) is 9.01. The van der Waals surface area contributed by atoms with Crippen molar-refractivity contribution in [3.05, 3.63) is 194 Å². The second kappa shape index (κ2) is 11.6. The largest absolute Gasteiger partial charge is 0.456 e. The van der Waals surface area contributed by atoms with E-state index in [1.807, 2.05) is 6.07 Å². The summed E-state index contributed by atoms with van der Waals surface area (Å²) in [5.74, 6) is 0. The molecule has 0 fully saturated rings. The number of furan rings is 1. The van der Waals surface area contributed by atoms with Gasteiger partial charge < -0.3 is 13.6 Å². The Labute approximate surface area is 316 Å². The Hall–Kier alpha value is -7.36. The van der Waals surface area contributed by atoms with Gasteiger partial charge in [-0.2, -0.15) is 0 Å². The molecule has 3 heterocycles. The highest BCUT2D eigenvalue weighted by molar-refractivity contribution is 6.25. The standard InChI is InChI=1S/C52H32N2O/c1-2-11-33(12-3-1)34-21-25-38(26-22-34)53-47-28-23-37(32-44(47)41-27-30-50-51(52(41)53)42-17-7-9-20-49(42)55-50)36-24-29-48-43(31-36)40-16-6-8-18-46(40)54(48)45-19-10-14-35-13-4-5-15-39(35)45/h1-32H. The minimum atomic E-state index is 0.895. The van der Waals surface area contributed by atoms with E-state index in [9.17, 15) is 0 Å². The maximum absolute atomic E-state index is 6.44. The molecule has 0 amide bonds. The maximum atomic E-state index is 6.44. The number of hydrogen-bond acceptors (Lipinski definition) is 1. The summed E-state index contributed by atoms with van der Waals surface area (Å²) in [5, 5.41) is 9.66. The zero-order valence-electron chi connectivity index (χ0n) is 29.8. The monoisotopic (exact) mass is 700 g/mol. The Morgan fingerprint density at radius 2 is 0.927 bits per heavy atom. The van der Waals surface area contributed by atoms with Crippen LogP contribution in [0.2, 0.25) is 0 Å². The minimum Gasteiger partial charge on any atom is -0.456 e. The summed E-state index contributed by atoms with van der Waals surface area (Å²) < 4.78 is 11.3. The Morgan fingerprint density at radius 3 is 1.75 bits per heavy atom. The third-order valence-corrected chi connectivity index (χ3v) is 11.5. The average molecular weight is 701 g/mol. The first-order chi connectivity index (χ1) is 27.3. The van der Waals surface area contributed by atoms with Gasteiger partial charge in [0.1, 0.15) is 11.2 Å². The van der Waals surface area contributed by atoms with E-state index < -0.39 is 0 Å². The smallest absolute Gasteiger partial charge is 0.137 e. The highest BCUT2D eigenvalue weighted by Crippen LogP contribution is 2.43. The molecule has 3 heteroatoms. The number of aromatic nitrogens is 2. The summed E-state index contributed by atoms with van der Waals surface area (Å²) >= 11 is 0. The van der Waals surface area contributed by atoms with Crippen LogP contribution in [0, 0.1) is 0 Å². The first kappa shape index (κ1) is 30.1. The predicted molar refractivity (Wildman–Crippen MR) is 231 cm³/mol.